The molecule has 3 amide bonds. The minimum Gasteiger partial charge on any atom is -0.348 e. The molecule has 0 atom stereocenters. The third kappa shape index (κ3) is 6.41. The van der Waals surface area contributed by atoms with Gasteiger partial charge in [-0.1, -0.05) is 37.6 Å². The summed E-state index contributed by atoms with van der Waals surface area (Å²) in [5, 5.41) is 6.44. The predicted octanol–water partition coefficient (Wildman–Crippen LogP) is 2.57. The fourth-order valence-electron chi connectivity index (χ4n) is 4.67. The largest absolute Gasteiger partial charge is 0.348 e. The van der Waals surface area contributed by atoms with E-state index < -0.39 is 17.4 Å². The topological polar surface area (TPSA) is 139 Å². The second-order valence-corrected chi connectivity index (χ2v) is 11.1. The molecule has 4 heterocycles. The molecule has 11 nitrogen and oxygen atoms in total. The molecule has 5 rings (SSSR count). The minimum absolute atomic E-state index is 0.0118. The van der Waals surface area contributed by atoms with E-state index >= 15 is 0 Å². The highest BCUT2D eigenvalue weighted by Gasteiger charge is 2.37. The number of carbonyl (C=O) groups is 3. The Bertz CT molecular complexity index is 1680. The smallest absolute Gasteiger partial charge is 0.265 e. The lowest BCUT2D eigenvalue weighted by molar-refractivity contribution is -0.142. The number of likely N-dealkylation sites (tertiary alicyclic amines) is 1. The van der Waals surface area contributed by atoms with Gasteiger partial charge in [0.1, 0.15) is 17.8 Å². The molecule has 1 fully saturated rings. The molecule has 1 aromatic carbocycles. The SMILES string of the molecule is CC1(C)CN(C(=O)Cn2c(=O)c(C(=O)NCc3ccc(Cl)cc3)cc3cc(C(=O)NCc4cnccn4)cnc32)C1. The highest BCUT2D eigenvalue weighted by Crippen LogP contribution is 2.28. The summed E-state index contributed by atoms with van der Waals surface area (Å²) in [6, 6.07) is 9.88. The van der Waals surface area contributed by atoms with Crippen molar-refractivity contribution in [2.24, 2.45) is 5.41 Å². The van der Waals surface area contributed by atoms with Crippen LogP contribution < -0.4 is 16.2 Å². The first-order valence-electron chi connectivity index (χ1n) is 13.0. The maximum Gasteiger partial charge on any atom is 0.265 e. The van der Waals surface area contributed by atoms with E-state index in [4.69, 9.17) is 11.6 Å². The molecule has 210 valence electrons. The Morgan fingerprint density at radius 3 is 2.37 bits per heavy atom. The normalized spacial score (nSPS) is 13.9. The van der Waals surface area contributed by atoms with Crippen molar-refractivity contribution in [3.8, 4) is 0 Å². The van der Waals surface area contributed by atoms with Crippen molar-refractivity contribution in [2.45, 2.75) is 33.5 Å². The van der Waals surface area contributed by atoms with Gasteiger partial charge in [0.25, 0.3) is 17.4 Å². The molecule has 41 heavy (non-hydrogen) atoms. The Balaban J connectivity index is 1.45. The van der Waals surface area contributed by atoms with Crippen LogP contribution in [0, 0.1) is 5.41 Å². The molecule has 0 unspecified atom stereocenters. The molecule has 1 saturated heterocycles. The summed E-state index contributed by atoms with van der Waals surface area (Å²) in [6.07, 6.45) is 5.94. The van der Waals surface area contributed by atoms with Gasteiger partial charge in [-0.25, -0.2) is 4.98 Å². The highest BCUT2D eigenvalue weighted by atomic mass is 35.5. The second kappa shape index (κ2) is 11.5. The molecule has 0 radical (unpaired) electrons. The van der Waals surface area contributed by atoms with Gasteiger partial charge in [-0.3, -0.25) is 33.7 Å². The number of halogens is 1. The molecule has 0 saturated carbocycles. The van der Waals surface area contributed by atoms with Gasteiger partial charge < -0.3 is 15.5 Å². The van der Waals surface area contributed by atoms with E-state index in [1.54, 1.807) is 35.4 Å². The lowest BCUT2D eigenvalue weighted by Gasteiger charge is -2.45. The maximum atomic E-state index is 13.5. The van der Waals surface area contributed by atoms with Gasteiger partial charge in [0.05, 0.1) is 24.0 Å². The monoisotopic (exact) mass is 573 g/mol. The average molecular weight is 574 g/mol. The molecule has 4 aromatic rings. The number of amides is 3. The average Bonchev–Trinajstić information content (AvgIpc) is 2.95. The summed E-state index contributed by atoms with van der Waals surface area (Å²) in [5.41, 5.74) is 0.989. The van der Waals surface area contributed by atoms with Crippen molar-refractivity contribution < 1.29 is 14.4 Å². The van der Waals surface area contributed by atoms with Crippen LogP contribution in [0.15, 0.2) is 66.0 Å². The summed E-state index contributed by atoms with van der Waals surface area (Å²) < 4.78 is 1.20. The van der Waals surface area contributed by atoms with E-state index in [1.807, 2.05) is 0 Å². The minimum atomic E-state index is -0.647. The standard InChI is InChI=1S/C29H28ClN7O4/c1-29(2)16-36(17-29)24(38)15-37-25-19(9-20(12-33-25)26(39)35-14-22-13-31-7-8-32-22)10-23(28(37)41)27(40)34-11-18-3-5-21(30)6-4-18/h3-10,12-13H,11,14-17H2,1-2H3,(H,34,40)(H,35,39). The summed E-state index contributed by atoms with van der Waals surface area (Å²) in [7, 11) is 0. The Labute approximate surface area is 240 Å². The lowest BCUT2D eigenvalue weighted by Crippen LogP contribution is -2.56. The van der Waals surface area contributed by atoms with E-state index in [0.29, 0.717) is 29.2 Å². The van der Waals surface area contributed by atoms with Crippen LogP contribution in [0.25, 0.3) is 11.0 Å². The van der Waals surface area contributed by atoms with Gasteiger partial charge in [0, 0.05) is 48.6 Å². The van der Waals surface area contributed by atoms with Crippen molar-refractivity contribution in [3.63, 3.8) is 0 Å². The molecule has 0 spiro atoms. The van der Waals surface area contributed by atoms with Gasteiger partial charge in [-0.05, 0) is 35.2 Å². The quantitative estimate of drug-likeness (QED) is 0.330. The first kappa shape index (κ1) is 27.9. The van der Waals surface area contributed by atoms with Crippen LogP contribution >= 0.6 is 11.6 Å². The Morgan fingerprint density at radius 1 is 0.951 bits per heavy atom. The summed E-state index contributed by atoms with van der Waals surface area (Å²) in [6.45, 7) is 5.30. The van der Waals surface area contributed by atoms with Crippen molar-refractivity contribution in [2.75, 3.05) is 13.1 Å². The van der Waals surface area contributed by atoms with Crippen LogP contribution in [0.5, 0.6) is 0 Å². The molecule has 3 aromatic heterocycles. The van der Waals surface area contributed by atoms with Crippen molar-refractivity contribution in [1.82, 2.24) is 35.1 Å². The van der Waals surface area contributed by atoms with Crippen LogP contribution in [0.1, 0.15) is 45.8 Å². The molecule has 2 N–H and O–H groups in total. The van der Waals surface area contributed by atoms with E-state index in [9.17, 15) is 19.2 Å². The second-order valence-electron chi connectivity index (χ2n) is 10.7. The zero-order valence-corrected chi connectivity index (χ0v) is 23.3. The number of hydrogen-bond donors (Lipinski definition) is 2. The van der Waals surface area contributed by atoms with Crippen molar-refractivity contribution in [1.29, 1.82) is 0 Å². The fourth-order valence-corrected chi connectivity index (χ4v) is 4.80. The molecule has 12 heteroatoms. The Kier molecular flexibility index (Phi) is 7.80. The van der Waals surface area contributed by atoms with E-state index in [-0.39, 0.29) is 47.7 Å². The number of aromatic nitrogens is 4. The molecule has 0 bridgehead atoms. The van der Waals surface area contributed by atoms with E-state index in [1.165, 1.54) is 35.3 Å². The first-order valence-corrected chi connectivity index (χ1v) is 13.3. The Hall–Kier alpha value is -4.64. The van der Waals surface area contributed by atoms with Crippen molar-refractivity contribution in [3.05, 3.63) is 98.9 Å². The zero-order chi connectivity index (χ0) is 29.1. The summed E-state index contributed by atoms with van der Waals surface area (Å²) >= 11 is 5.94. The summed E-state index contributed by atoms with van der Waals surface area (Å²) in [5.74, 6) is -1.29. The summed E-state index contributed by atoms with van der Waals surface area (Å²) in [4.78, 5) is 66.8. The van der Waals surface area contributed by atoms with E-state index in [0.717, 1.165) is 5.56 Å². The van der Waals surface area contributed by atoms with Crippen LogP contribution in [0.3, 0.4) is 0 Å². The zero-order valence-electron chi connectivity index (χ0n) is 22.6. The molecule has 1 aliphatic heterocycles. The lowest BCUT2D eigenvalue weighted by atomic mass is 9.84. The number of rotatable bonds is 8. The Morgan fingerprint density at radius 2 is 1.68 bits per heavy atom. The number of pyridine rings is 2. The van der Waals surface area contributed by atoms with Gasteiger partial charge in [0.15, 0.2) is 0 Å². The van der Waals surface area contributed by atoms with Crippen LogP contribution in [-0.4, -0.2) is 55.2 Å². The van der Waals surface area contributed by atoms with Gasteiger partial charge in [-0.15, -0.1) is 0 Å². The van der Waals surface area contributed by atoms with Gasteiger partial charge in [0.2, 0.25) is 5.91 Å². The van der Waals surface area contributed by atoms with Crippen LogP contribution in [0.2, 0.25) is 5.02 Å². The number of hydrogen-bond acceptors (Lipinski definition) is 7. The molecular weight excluding hydrogens is 546 g/mol. The first-order chi connectivity index (χ1) is 19.6. The number of benzene rings is 1. The third-order valence-electron chi connectivity index (χ3n) is 6.73. The maximum absolute atomic E-state index is 13.5. The molecular formula is C29H28ClN7O4. The third-order valence-corrected chi connectivity index (χ3v) is 6.98. The number of carbonyl (C=O) groups excluding carboxylic acids is 3. The fraction of sp³-hybridized carbons (Fsp3) is 0.276. The van der Waals surface area contributed by atoms with E-state index in [2.05, 4.69) is 39.4 Å². The van der Waals surface area contributed by atoms with Crippen LogP contribution in [0.4, 0.5) is 0 Å². The molecule has 1 aliphatic rings. The van der Waals surface area contributed by atoms with Crippen LogP contribution in [-0.2, 0) is 24.4 Å². The predicted molar refractivity (Wildman–Crippen MR) is 152 cm³/mol. The van der Waals surface area contributed by atoms with Crippen molar-refractivity contribution >= 4 is 40.4 Å². The van der Waals surface area contributed by atoms with Gasteiger partial charge >= 0.3 is 0 Å². The van der Waals surface area contributed by atoms with Gasteiger partial charge in [-0.2, -0.15) is 0 Å². The molecule has 0 aliphatic carbocycles. The number of fused-ring (bicyclic) bond motifs is 1. The number of nitrogens with one attached hydrogen (secondary N) is 2. The highest BCUT2D eigenvalue weighted by molar-refractivity contribution is 6.30. The number of nitrogens with zero attached hydrogens (tertiary/aromatic N) is 5.